The molecule has 0 aromatic rings. The van der Waals surface area contributed by atoms with Gasteiger partial charge in [-0.05, 0) is 77.6 Å². The number of carbonyl (C=O) groups is 2. The van der Waals surface area contributed by atoms with Crippen molar-refractivity contribution in [3.8, 4) is 0 Å². The van der Waals surface area contributed by atoms with Gasteiger partial charge in [-0.15, -0.1) is 0 Å². The van der Waals surface area contributed by atoms with Crippen molar-refractivity contribution in [1.82, 2.24) is 5.32 Å². The highest BCUT2D eigenvalue weighted by Gasteiger charge is 2.44. The van der Waals surface area contributed by atoms with E-state index in [0.29, 0.717) is 19.4 Å². The number of ether oxygens (including phenoxy) is 3. The van der Waals surface area contributed by atoms with Gasteiger partial charge < -0.3 is 45.1 Å². The molecule has 480 valence electrons. The Bertz CT molecular complexity index is 1500. The number of rotatable bonds is 61. The Labute approximate surface area is 504 Å². The van der Waals surface area contributed by atoms with Gasteiger partial charge in [0.15, 0.2) is 6.29 Å². The van der Waals surface area contributed by atoms with Crippen LogP contribution in [0.25, 0.3) is 0 Å². The molecule has 0 radical (unpaired) electrons. The summed E-state index contributed by atoms with van der Waals surface area (Å²) in [6.07, 6.45) is 68.6. The molecule has 1 amide bonds. The Hall–Kier alpha value is -2.38. The fourth-order valence-electron chi connectivity index (χ4n) is 11.0. The van der Waals surface area contributed by atoms with E-state index in [9.17, 15) is 35.1 Å². The van der Waals surface area contributed by atoms with E-state index in [1.807, 2.05) is 19.1 Å². The fourth-order valence-corrected chi connectivity index (χ4v) is 11.0. The van der Waals surface area contributed by atoms with Crippen LogP contribution in [0.4, 0.5) is 0 Å². The molecule has 1 aliphatic rings. The Morgan fingerprint density at radius 3 is 1.28 bits per heavy atom. The first kappa shape index (κ1) is 77.6. The van der Waals surface area contributed by atoms with Crippen LogP contribution < -0.4 is 5.32 Å². The number of hydrogen-bond acceptors (Lipinski definition) is 10. The standard InChI is InChI=1S/C71H131NO10/c1-3-5-7-9-11-13-14-39-43-47-51-55-59-67(76)80-60-56-52-48-44-40-37-35-33-31-29-27-25-23-21-19-17-15-16-18-20-22-24-26-28-30-32-34-36-38-42-46-50-54-58-66(75)72-63(64(74)57-53-49-45-41-12-10-8-6-4-2)62-81-71-70(79)69(78)68(77)65(61-73)82-71/h4,6,12,19,21,41,53,57,63-65,68-71,73-74,77-79H,3,5,7-11,13-18,20,22-40,42-52,54-56,58-62H2,1-2H3,(H,72,75)/b6-4+,21-19-,41-12+,57-53+. The third kappa shape index (κ3) is 48.8. The predicted molar refractivity (Wildman–Crippen MR) is 343 cm³/mol. The van der Waals surface area contributed by atoms with Crippen molar-refractivity contribution in [2.45, 2.75) is 371 Å². The maximum atomic E-state index is 13.0. The van der Waals surface area contributed by atoms with Crippen molar-refractivity contribution >= 4 is 11.9 Å². The first-order chi connectivity index (χ1) is 40.2. The van der Waals surface area contributed by atoms with E-state index in [-0.39, 0.29) is 18.5 Å². The van der Waals surface area contributed by atoms with Crippen LogP contribution in [0.3, 0.4) is 0 Å². The van der Waals surface area contributed by atoms with Gasteiger partial charge in [0.05, 0.1) is 32.0 Å². The van der Waals surface area contributed by atoms with Crippen LogP contribution in [0.1, 0.15) is 328 Å². The molecule has 0 saturated carbocycles. The number of aliphatic hydroxyl groups excluding tert-OH is 5. The van der Waals surface area contributed by atoms with Crippen LogP contribution in [0.5, 0.6) is 0 Å². The summed E-state index contributed by atoms with van der Waals surface area (Å²) in [5.74, 6) is -0.184. The highest BCUT2D eigenvalue weighted by atomic mass is 16.7. The Morgan fingerprint density at radius 2 is 0.841 bits per heavy atom. The lowest BCUT2D eigenvalue weighted by Gasteiger charge is -2.40. The summed E-state index contributed by atoms with van der Waals surface area (Å²) < 4.78 is 16.7. The minimum absolute atomic E-state index is 0.0117. The second-order valence-electron chi connectivity index (χ2n) is 24.2. The van der Waals surface area contributed by atoms with Crippen molar-refractivity contribution < 1.29 is 49.3 Å². The molecule has 6 N–H and O–H groups in total. The molecule has 11 nitrogen and oxygen atoms in total. The first-order valence-electron chi connectivity index (χ1n) is 34.9. The van der Waals surface area contributed by atoms with Gasteiger partial charge in [0.2, 0.25) is 5.91 Å². The van der Waals surface area contributed by atoms with E-state index in [2.05, 4.69) is 42.6 Å². The second-order valence-corrected chi connectivity index (χ2v) is 24.2. The molecule has 7 atom stereocenters. The summed E-state index contributed by atoms with van der Waals surface area (Å²) in [6.45, 7) is 4.12. The van der Waals surface area contributed by atoms with E-state index in [1.54, 1.807) is 6.08 Å². The van der Waals surface area contributed by atoms with Crippen LogP contribution >= 0.6 is 0 Å². The van der Waals surface area contributed by atoms with Crippen molar-refractivity contribution in [3.63, 3.8) is 0 Å². The van der Waals surface area contributed by atoms with E-state index < -0.39 is 49.5 Å². The van der Waals surface area contributed by atoms with Gasteiger partial charge >= 0.3 is 5.97 Å². The van der Waals surface area contributed by atoms with E-state index in [0.717, 1.165) is 57.8 Å². The lowest BCUT2D eigenvalue weighted by Crippen LogP contribution is -2.60. The molecule has 0 bridgehead atoms. The molecule has 0 aromatic carbocycles. The highest BCUT2D eigenvalue weighted by Crippen LogP contribution is 2.23. The minimum atomic E-state index is -1.58. The molecule has 1 rings (SSSR count). The highest BCUT2D eigenvalue weighted by molar-refractivity contribution is 5.76. The monoisotopic (exact) mass is 1160 g/mol. The van der Waals surface area contributed by atoms with Gasteiger partial charge in [-0.25, -0.2) is 0 Å². The number of allylic oxidation sites excluding steroid dienone is 7. The largest absolute Gasteiger partial charge is 0.466 e. The molecule has 1 heterocycles. The average Bonchev–Trinajstić information content (AvgIpc) is 3.68. The first-order valence-corrected chi connectivity index (χ1v) is 34.9. The van der Waals surface area contributed by atoms with Gasteiger partial charge in [-0.1, -0.05) is 287 Å². The number of amides is 1. The van der Waals surface area contributed by atoms with Crippen molar-refractivity contribution in [1.29, 1.82) is 0 Å². The summed E-state index contributed by atoms with van der Waals surface area (Å²) in [5, 5.41) is 54.2. The van der Waals surface area contributed by atoms with Crippen LogP contribution in [0.2, 0.25) is 0 Å². The zero-order chi connectivity index (χ0) is 59.5. The van der Waals surface area contributed by atoms with Gasteiger partial charge in [0, 0.05) is 12.8 Å². The van der Waals surface area contributed by atoms with Crippen LogP contribution in [-0.2, 0) is 23.8 Å². The summed E-state index contributed by atoms with van der Waals surface area (Å²) in [6, 6.07) is -0.831. The zero-order valence-electron chi connectivity index (χ0n) is 53.2. The van der Waals surface area contributed by atoms with Gasteiger partial charge in [0.1, 0.15) is 24.4 Å². The van der Waals surface area contributed by atoms with Crippen molar-refractivity contribution in [2.24, 2.45) is 0 Å². The number of esters is 1. The quantitative estimate of drug-likeness (QED) is 0.0195. The van der Waals surface area contributed by atoms with Crippen LogP contribution in [0.15, 0.2) is 48.6 Å². The topological polar surface area (TPSA) is 175 Å². The third-order valence-electron chi connectivity index (χ3n) is 16.5. The van der Waals surface area contributed by atoms with Gasteiger partial charge in [0.25, 0.3) is 0 Å². The van der Waals surface area contributed by atoms with E-state index >= 15 is 0 Å². The summed E-state index contributed by atoms with van der Waals surface area (Å²) in [4.78, 5) is 25.0. The maximum Gasteiger partial charge on any atom is 0.305 e. The fraction of sp³-hybridized carbons (Fsp3) is 0.859. The van der Waals surface area contributed by atoms with Crippen molar-refractivity contribution in [2.75, 3.05) is 19.8 Å². The average molecular weight is 1160 g/mol. The molecule has 0 spiro atoms. The second kappa shape index (κ2) is 60.3. The number of unbranched alkanes of at least 4 members (excludes halogenated alkanes) is 42. The maximum absolute atomic E-state index is 13.0. The van der Waals surface area contributed by atoms with Gasteiger partial charge in [-0.3, -0.25) is 9.59 Å². The summed E-state index contributed by atoms with van der Waals surface area (Å²) in [5.41, 5.74) is 0. The molecule has 1 saturated heterocycles. The summed E-state index contributed by atoms with van der Waals surface area (Å²) in [7, 11) is 0. The number of nitrogens with one attached hydrogen (secondary N) is 1. The van der Waals surface area contributed by atoms with Crippen LogP contribution in [0, 0.1) is 0 Å². The molecule has 0 aromatic heterocycles. The SMILES string of the molecule is C/C=C/CC/C=C/CC/C=C/C(O)C(COC1OC(CO)C(O)C(O)C1O)NC(=O)CCCCCCCCCCCCCCCCCCC/C=C\CCCCCCCCCCCCCCOC(=O)CCCCCCCCCCCCCC. The molecule has 7 unspecified atom stereocenters. The lowest BCUT2D eigenvalue weighted by atomic mass is 9.99. The minimum Gasteiger partial charge on any atom is -0.466 e. The predicted octanol–water partition coefficient (Wildman–Crippen LogP) is 17.6. The zero-order valence-corrected chi connectivity index (χ0v) is 53.2. The molecule has 0 aliphatic carbocycles. The van der Waals surface area contributed by atoms with Gasteiger partial charge in [-0.2, -0.15) is 0 Å². The molecular formula is C71H131NO10. The Balaban J connectivity index is 1.91. The van der Waals surface area contributed by atoms with E-state index in [1.165, 1.54) is 244 Å². The molecular weight excluding hydrogens is 1030 g/mol. The molecule has 82 heavy (non-hydrogen) atoms. The number of hydrogen-bond donors (Lipinski definition) is 6. The normalized spacial score (nSPS) is 18.5. The van der Waals surface area contributed by atoms with Crippen LogP contribution in [-0.4, -0.2) is 100 Å². The number of aliphatic hydroxyl groups is 5. The molecule has 1 fully saturated rings. The molecule has 1 aliphatic heterocycles. The third-order valence-corrected chi connectivity index (χ3v) is 16.5. The number of carbonyl (C=O) groups excluding carboxylic acids is 2. The Kier molecular flexibility index (Phi) is 57.1. The smallest absolute Gasteiger partial charge is 0.305 e. The molecule has 11 heteroatoms. The lowest BCUT2D eigenvalue weighted by molar-refractivity contribution is -0.302. The Morgan fingerprint density at radius 1 is 0.463 bits per heavy atom. The summed E-state index contributed by atoms with van der Waals surface area (Å²) >= 11 is 0. The van der Waals surface area contributed by atoms with E-state index in [4.69, 9.17) is 14.2 Å². The van der Waals surface area contributed by atoms with Crippen molar-refractivity contribution in [3.05, 3.63) is 48.6 Å².